The maximum atomic E-state index is 12.4. The number of carbonyl (C=O) groups is 2. The first-order chi connectivity index (χ1) is 14.0. The SMILES string of the molecule is CCc1cccc(C)c1NC(=O)COC(=O)[C@@H](C)NS(=O)(=O)c1ccc(Cl)c(Cl)c1. The number of benzene rings is 2. The summed E-state index contributed by atoms with van der Waals surface area (Å²) in [5, 5.41) is 2.99. The number of carbonyl (C=O) groups excluding carboxylic acids is 2. The van der Waals surface area contributed by atoms with E-state index >= 15 is 0 Å². The molecule has 2 aromatic rings. The molecule has 0 aromatic heterocycles. The summed E-state index contributed by atoms with van der Waals surface area (Å²) in [6.45, 7) is 4.59. The van der Waals surface area contributed by atoms with Crippen molar-refractivity contribution in [2.75, 3.05) is 11.9 Å². The maximum absolute atomic E-state index is 12.4. The zero-order valence-corrected chi connectivity index (χ0v) is 19.0. The molecule has 0 fully saturated rings. The van der Waals surface area contributed by atoms with Gasteiger partial charge in [-0.05, 0) is 49.6 Å². The van der Waals surface area contributed by atoms with Crippen LogP contribution in [-0.4, -0.2) is 32.9 Å². The monoisotopic (exact) mass is 472 g/mol. The lowest BCUT2D eigenvalue weighted by Gasteiger charge is -2.15. The van der Waals surface area contributed by atoms with Crippen molar-refractivity contribution >= 4 is 50.8 Å². The predicted molar refractivity (Wildman–Crippen MR) is 116 cm³/mol. The number of nitrogens with one attached hydrogen (secondary N) is 2. The minimum atomic E-state index is -4.04. The molecular weight excluding hydrogens is 451 g/mol. The molecule has 0 saturated heterocycles. The van der Waals surface area contributed by atoms with Crippen molar-refractivity contribution in [2.45, 2.75) is 38.1 Å². The Morgan fingerprint density at radius 2 is 1.83 bits per heavy atom. The summed E-state index contributed by atoms with van der Waals surface area (Å²) in [5.74, 6) is -1.42. The van der Waals surface area contributed by atoms with Crippen molar-refractivity contribution in [1.29, 1.82) is 0 Å². The average Bonchev–Trinajstić information content (AvgIpc) is 2.69. The van der Waals surface area contributed by atoms with Crippen LogP contribution in [0.3, 0.4) is 0 Å². The van der Waals surface area contributed by atoms with Gasteiger partial charge in [0.25, 0.3) is 5.91 Å². The number of amides is 1. The number of hydrogen-bond donors (Lipinski definition) is 2. The molecule has 30 heavy (non-hydrogen) atoms. The Morgan fingerprint density at radius 3 is 2.47 bits per heavy atom. The van der Waals surface area contributed by atoms with E-state index in [2.05, 4.69) is 10.0 Å². The Kier molecular flexibility index (Phi) is 8.25. The Balaban J connectivity index is 1.96. The largest absolute Gasteiger partial charge is 0.454 e. The topological polar surface area (TPSA) is 102 Å². The van der Waals surface area contributed by atoms with Crippen LogP contribution in [0, 0.1) is 6.92 Å². The fraction of sp³-hybridized carbons (Fsp3) is 0.300. The van der Waals surface area contributed by atoms with Crippen LogP contribution in [0.4, 0.5) is 5.69 Å². The molecule has 1 atom stereocenters. The molecule has 0 aliphatic carbocycles. The summed E-state index contributed by atoms with van der Waals surface area (Å²) in [7, 11) is -4.04. The number of rotatable bonds is 8. The summed E-state index contributed by atoms with van der Waals surface area (Å²) in [6, 6.07) is 8.20. The van der Waals surface area contributed by atoms with Crippen LogP contribution >= 0.6 is 23.2 Å². The molecule has 0 unspecified atom stereocenters. The summed E-state index contributed by atoms with van der Waals surface area (Å²) >= 11 is 11.6. The molecule has 0 bridgehead atoms. The van der Waals surface area contributed by atoms with Gasteiger partial charge < -0.3 is 10.1 Å². The summed E-state index contributed by atoms with van der Waals surface area (Å²) in [6.07, 6.45) is 0.727. The molecular formula is C20H22Cl2N2O5S. The second kappa shape index (κ2) is 10.3. The number of hydrogen-bond acceptors (Lipinski definition) is 5. The zero-order valence-electron chi connectivity index (χ0n) is 16.7. The number of aryl methyl sites for hydroxylation is 2. The summed E-state index contributed by atoms with van der Waals surface area (Å²) in [5.41, 5.74) is 2.52. The van der Waals surface area contributed by atoms with Gasteiger partial charge in [-0.3, -0.25) is 9.59 Å². The van der Waals surface area contributed by atoms with Crippen molar-refractivity contribution < 1.29 is 22.7 Å². The van der Waals surface area contributed by atoms with Gasteiger partial charge in [0.1, 0.15) is 6.04 Å². The maximum Gasteiger partial charge on any atom is 0.324 e. The van der Waals surface area contributed by atoms with Gasteiger partial charge in [0.2, 0.25) is 10.0 Å². The molecule has 1 amide bonds. The van der Waals surface area contributed by atoms with Gasteiger partial charge in [-0.2, -0.15) is 4.72 Å². The van der Waals surface area contributed by atoms with Gasteiger partial charge in [0, 0.05) is 5.69 Å². The molecule has 2 rings (SSSR count). The van der Waals surface area contributed by atoms with Crippen LogP contribution in [0.1, 0.15) is 25.0 Å². The Morgan fingerprint density at radius 1 is 1.13 bits per heavy atom. The molecule has 2 N–H and O–H groups in total. The van der Waals surface area contributed by atoms with Gasteiger partial charge in [-0.15, -0.1) is 0 Å². The second-order valence-corrected chi connectivity index (χ2v) is 9.07. The number of esters is 1. The van der Waals surface area contributed by atoms with Gasteiger partial charge in [-0.1, -0.05) is 48.3 Å². The second-order valence-electron chi connectivity index (χ2n) is 6.54. The van der Waals surface area contributed by atoms with E-state index in [0.717, 1.165) is 17.5 Å². The van der Waals surface area contributed by atoms with E-state index < -0.39 is 34.5 Å². The fourth-order valence-corrected chi connectivity index (χ4v) is 4.21. The standard InChI is InChI=1S/C20H22Cl2N2O5S/c1-4-14-7-5-6-12(2)19(14)23-18(25)11-29-20(26)13(3)24-30(27,28)15-8-9-16(21)17(22)10-15/h5-10,13,24H,4,11H2,1-3H3,(H,23,25)/t13-/m1/s1. The number of ether oxygens (including phenoxy) is 1. The molecule has 0 heterocycles. The molecule has 0 saturated carbocycles. The lowest BCUT2D eigenvalue weighted by atomic mass is 10.1. The lowest BCUT2D eigenvalue weighted by Crippen LogP contribution is -2.40. The first-order valence-electron chi connectivity index (χ1n) is 9.07. The van der Waals surface area contributed by atoms with Crippen molar-refractivity contribution in [3.8, 4) is 0 Å². The van der Waals surface area contributed by atoms with Gasteiger partial charge >= 0.3 is 5.97 Å². The van der Waals surface area contributed by atoms with Crippen LogP contribution in [-0.2, 0) is 30.8 Å². The van der Waals surface area contributed by atoms with E-state index in [1.54, 1.807) is 0 Å². The van der Waals surface area contributed by atoms with Gasteiger partial charge in [0.15, 0.2) is 6.61 Å². The smallest absolute Gasteiger partial charge is 0.324 e. The van der Waals surface area contributed by atoms with Crippen LogP contribution in [0.2, 0.25) is 10.0 Å². The van der Waals surface area contributed by atoms with Crippen LogP contribution in [0.15, 0.2) is 41.3 Å². The fourth-order valence-electron chi connectivity index (χ4n) is 2.63. The van der Waals surface area contributed by atoms with Crippen LogP contribution in [0.25, 0.3) is 0 Å². The third-order valence-electron chi connectivity index (χ3n) is 4.24. The number of halogens is 2. The highest BCUT2D eigenvalue weighted by Gasteiger charge is 2.24. The Bertz CT molecular complexity index is 1060. The minimum absolute atomic E-state index is 0.0640. The summed E-state index contributed by atoms with van der Waals surface area (Å²) < 4.78 is 31.9. The Hall–Kier alpha value is -2.13. The molecule has 7 nitrogen and oxygen atoms in total. The first kappa shape index (κ1) is 24.1. The quantitative estimate of drug-likeness (QED) is 0.570. The highest BCUT2D eigenvalue weighted by molar-refractivity contribution is 7.89. The van der Waals surface area contributed by atoms with E-state index in [0.29, 0.717) is 5.69 Å². The highest BCUT2D eigenvalue weighted by atomic mass is 35.5. The molecule has 0 aliphatic heterocycles. The zero-order chi connectivity index (χ0) is 22.5. The number of sulfonamides is 1. The normalized spacial score (nSPS) is 12.3. The highest BCUT2D eigenvalue weighted by Crippen LogP contribution is 2.25. The van der Waals surface area contributed by atoms with Crippen molar-refractivity contribution in [2.24, 2.45) is 0 Å². The van der Waals surface area contributed by atoms with Gasteiger partial charge in [0.05, 0.1) is 14.9 Å². The molecule has 10 heteroatoms. The van der Waals surface area contributed by atoms with Gasteiger partial charge in [-0.25, -0.2) is 8.42 Å². The number of para-hydroxylation sites is 1. The number of anilines is 1. The lowest BCUT2D eigenvalue weighted by molar-refractivity contribution is -0.148. The van der Waals surface area contributed by atoms with E-state index in [4.69, 9.17) is 27.9 Å². The van der Waals surface area contributed by atoms with E-state index in [1.807, 2.05) is 32.0 Å². The average molecular weight is 473 g/mol. The molecule has 0 aliphatic rings. The third kappa shape index (κ3) is 6.18. The minimum Gasteiger partial charge on any atom is -0.454 e. The van der Waals surface area contributed by atoms with Crippen molar-refractivity contribution in [1.82, 2.24) is 4.72 Å². The first-order valence-corrected chi connectivity index (χ1v) is 11.3. The van der Waals surface area contributed by atoms with Crippen LogP contribution in [0.5, 0.6) is 0 Å². The van der Waals surface area contributed by atoms with Crippen molar-refractivity contribution in [3.05, 3.63) is 57.6 Å². The molecule has 162 valence electrons. The molecule has 0 radical (unpaired) electrons. The third-order valence-corrected chi connectivity index (χ3v) is 6.51. The molecule has 0 spiro atoms. The van der Waals surface area contributed by atoms with E-state index in [9.17, 15) is 18.0 Å². The van der Waals surface area contributed by atoms with E-state index in [1.165, 1.54) is 25.1 Å². The Labute approximate surface area is 185 Å². The molecule has 2 aromatic carbocycles. The predicted octanol–water partition coefficient (Wildman–Crippen LogP) is 3.71. The summed E-state index contributed by atoms with van der Waals surface area (Å²) in [4.78, 5) is 24.2. The van der Waals surface area contributed by atoms with Crippen molar-refractivity contribution in [3.63, 3.8) is 0 Å². The van der Waals surface area contributed by atoms with Crippen LogP contribution < -0.4 is 10.0 Å². The van der Waals surface area contributed by atoms with E-state index in [-0.39, 0.29) is 14.9 Å².